The summed E-state index contributed by atoms with van der Waals surface area (Å²) in [6, 6.07) is 2.72. The molecule has 1 aromatic carbocycles. The highest BCUT2D eigenvalue weighted by molar-refractivity contribution is 6.32. The van der Waals surface area contributed by atoms with Gasteiger partial charge in [0.25, 0.3) is 0 Å². The Balaban J connectivity index is 2.03. The molecule has 0 spiro atoms. The summed E-state index contributed by atoms with van der Waals surface area (Å²) < 4.78 is 16.2. The lowest BCUT2D eigenvalue weighted by Gasteiger charge is -2.21. The molecule has 23 heavy (non-hydrogen) atoms. The molecular weight excluding hydrogens is 322 g/mol. The van der Waals surface area contributed by atoms with Gasteiger partial charge in [-0.15, -0.1) is 0 Å². The summed E-state index contributed by atoms with van der Waals surface area (Å²) in [4.78, 5) is 23.3. The van der Waals surface area contributed by atoms with Crippen LogP contribution in [0.15, 0.2) is 12.1 Å². The normalized spacial score (nSPS) is 14.3. The first kappa shape index (κ1) is 17.4. The topological polar surface area (TPSA) is 73.9 Å². The van der Waals surface area contributed by atoms with Crippen LogP contribution in [0.2, 0.25) is 5.02 Å². The molecule has 1 amide bonds. The van der Waals surface area contributed by atoms with Gasteiger partial charge in [0.1, 0.15) is 25.9 Å². The quantitative estimate of drug-likeness (QED) is 0.832. The van der Waals surface area contributed by atoms with Crippen molar-refractivity contribution in [2.45, 2.75) is 33.4 Å². The van der Waals surface area contributed by atoms with Crippen molar-refractivity contribution in [3.63, 3.8) is 0 Å². The number of hydrogen-bond acceptors (Lipinski definition) is 5. The van der Waals surface area contributed by atoms with E-state index in [9.17, 15) is 9.59 Å². The van der Waals surface area contributed by atoms with Crippen LogP contribution in [0.1, 0.15) is 26.3 Å². The number of esters is 1. The Morgan fingerprint density at radius 3 is 2.65 bits per heavy atom. The van der Waals surface area contributed by atoms with Crippen LogP contribution in [0.5, 0.6) is 11.5 Å². The Morgan fingerprint density at radius 1 is 1.30 bits per heavy atom. The lowest BCUT2D eigenvalue weighted by Crippen LogP contribution is -2.44. The molecule has 1 aliphatic rings. The smallest absolute Gasteiger partial charge is 0.329 e. The van der Waals surface area contributed by atoms with Crippen LogP contribution in [0.4, 0.5) is 0 Å². The number of nitrogens with one attached hydrogen (secondary N) is 1. The molecule has 0 bridgehead atoms. The first-order valence-electron chi connectivity index (χ1n) is 7.40. The molecule has 1 aliphatic heterocycles. The average Bonchev–Trinajstić information content (AvgIpc) is 2.50. The maximum Gasteiger partial charge on any atom is 0.329 e. The predicted molar refractivity (Wildman–Crippen MR) is 84.7 cm³/mol. The Hall–Kier alpha value is -1.95. The van der Waals surface area contributed by atoms with E-state index in [1.54, 1.807) is 12.1 Å². The van der Waals surface area contributed by atoms with Gasteiger partial charge in [-0.1, -0.05) is 25.4 Å². The fourth-order valence-corrected chi connectivity index (χ4v) is 2.50. The van der Waals surface area contributed by atoms with E-state index >= 15 is 0 Å². The summed E-state index contributed by atoms with van der Waals surface area (Å²) in [6.07, 6.45) is 0. The van der Waals surface area contributed by atoms with Gasteiger partial charge in [0.05, 0.1) is 5.02 Å². The van der Waals surface area contributed by atoms with Crippen LogP contribution in [0, 0.1) is 5.92 Å². The molecule has 7 heteroatoms. The van der Waals surface area contributed by atoms with Crippen molar-refractivity contribution in [3.8, 4) is 11.5 Å². The SMILES string of the molecule is CC(=O)N[C@H](C(=O)OCc1cc(Cl)c2c(c1)OCCO2)C(C)C. The molecule has 2 rings (SSSR count). The molecule has 0 unspecified atom stereocenters. The fourth-order valence-electron chi connectivity index (χ4n) is 2.21. The minimum atomic E-state index is -0.680. The van der Waals surface area contributed by atoms with E-state index in [1.807, 2.05) is 13.8 Å². The largest absolute Gasteiger partial charge is 0.486 e. The number of carbonyl (C=O) groups excluding carboxylic acids is 2. The molecule has 0 aliphatic carbocycles. The van der Waals surface area contributed by atoms with Gasteiger partial charge in [-0.2, -0.15) is 0 Å². The zero-order chi connectivity index (χ0) is 17.0. The predicted octanol–water partition coefficient (Wildman–Crippen LogP) is 2.32. The monoisotopic (exact) mass is 341 g/mol. The van der Waals surface area contributed by atoms with Crippen molar-refractivity contribution in [2.24, 2.45) is 5.92 Å². The third kappa shape index (κ3) is 4.51. The Labute approximate surface area is 140 Å². The van der Waals surface area contributed by atoms with Crippen molar-refractivity contribution in [3.05, 3.63) is 22.7 Å². The minimum Gasteiger partial charge on any atom is -0.486 e. The summed E-state index contributed by atoms with van der Waals surface area (Å²) in [7, 11) is 0. The molecule has 6 nitrogen and oxygen atoms in total. The van der Waals surface area contributed by atoms with Gasteiger partial charge in [0, 0.05) is 6.92 Å². The van der Waals surface area contributed by atoms with Crippen LogP contribution in [0.3, 0.4) is 0 Å². The third-order valence-electron chi connectivity index (χ3n) is 3.32. The Bertz CT molecular complexity index is 602. The maximum absolute atomic E-state index is 12.1. The van der Waals surface area contributed by atoms with Crippen molar-refractivity contribution >= 4 is 23.5 Å². The molecule has 0 aromatic heterocycles. The second-order valence-corrected chi connectivity index (χ2v) is 6.04. The molecule has 0 saturated heterocycles. The second kappa shape index (κ2) is 7.55. The van der Waals surface area contributed by atoms with Gasteiger partial charge >= 0.3 is 5.97 Å². The number of amides is 1. The average molecular weight is 342 g/mol. The summed E-state index contributed by atoms with van der Waals surface area (Å²) in [6.45, 7) is 5.98. The van der Waals surface area contributed by atoms with Crippen molar-refractivity contribution in [1.82, 2.24) is 5.32 Å². The molecule has 0 radical (unpaired) electrons. The van der Waals surface area contributed by atoms with Gasteiger partial charge in [0.15, 0.2) is 11.5 Å². The lowest BCUT2D eigenvalue weighted by atomic mass is 10.0. The van der Waals surface area contributed by atoms with Crippen LogP contribution in [0.25, 0.3) is 0 Å². The van der Waals surface area contributed by atoms with Crippen LogP contribution >= 0.6 is 11.6 Å². The van der Waals surface area contributed by atoms with Crippen molar-refractivity contribution in [1.29, 1.82) is 0 Å². The molecule has 0 fully saturated rings. The van der Waals surface area contributed by atoms with E-state index in [-0.39, 0.29) is 18.4 Å². The van der Waals surface area contributed by atoms with E-state index in [1.165, 1.54) is 6.92 Å². The van der Waals surface area contributed by atoms with E-state index in [4.69, 9.17) is 25.8 Å². The molecule has 1 aromatic rings. The summed E-state index contributed by atoms with van der Waals surface area (Å²) in [5, 5.41) is 3.00. The number of fused-ring (bicyclic) bond motifs is 1. The van der Waals surface area contributed by atoms with Gasteiger partial charge < -0.3 is 19.5 Å². The lowest BCUT2D eigenvalue weighted by molar-refractivity contribution is -0.150. The third-order valence-corrected chi connectivity index (χ3v) is 3.60. The Kier molecular flexibility index (Phi) is 5.71. The zero-order valence-electron chi connectivity index (χ0n) is 13.3. The molecule has 1 N–H and O–H groups in total. The van der Waals surface area contributed by atoms with Crippen molar-refractivity contribution in [2.75, 3.05) is 13.2 Å². The first-order chi connectivity index (χ1) is 10.9. The molecule has 1 atom stereocenters. The van der Waals surface area contributed by atoms with E-state index in [2.05, 4.69) is 5.32 Å². The van der Waals surface area contributed by atoms with Gasteiger partial charge in [0.2, 0.25) is 5.91 Å². The highest BCUT2D eigenvalue weighted by atomic mass is 35.5. The summed E-state index contributed by atoms with van der Waals surface area (Å²) in [5.74, 6) is 0.211. The fraction of sp³-hybridized carbons (Fsp3) is 0.500. The number of benzene rings is 1. The second-order valence-electron chi connectivity index (χ2n) is 5.63. The number of ether oxygens (including phenoxy) is 3. The van der Waals surface area contributed by atoms with E-state index < -0.39 is 12.0 Å². The first-order valence-corrected chi connectivity index (χ1v) is 7.78. The highest BCUT2D eigenvalue weighted by Gasteiger charge is 2.25. The van der Waals surface area contributed by atoms with E-state index in [0.29, 0.717) is 35.3 Å². The van der Waals surface area contributed by atoms with Gasteiger partial charge in [-0.25, -0.2) is 4.79 Å². The number of rotatable bonds is 5. The van der Waals surface area contributed by atoms with Crippen LogP contribution in [-0.4, -0.2) is 31.1 Å². The van der Waals surface area contributed by atoms with Gasteiger partial charge in [-0.05, 0) is 23.6 Å². The maximum atomic E-state index is 12.1. The number of carbonyl (C=O) groups is 2. The summed E-state index contributed by atoms with van der Waals surface area (Å²) >= 11 is 6.14. The molecular formula is C16H20ClNO5. The molecule has 1 heterocycles. The van der Waals surface area contributed by atoms with Crippen LogP contribution in [-0.2, 0) is 20.9 Å². The van der Waals surface area contributed by atoms with Gasteiger partial charge in [-0.3, -0.25) is 4.79 Å². The number of halogens is 1. The summed E-state index contributed by atoms with van der Waals surface area (Å²) in [5.41, 5.74) is 0.693. The minimum absolute atomic E-state index is 0.0397. The highest BCUT2D eigenvalue weighted by Crippen LogP contribution is 2.38. The Morgan fingerprint density at radius 2 is 2.00 bits per heavy atom. The van der Waals surface area contributed by atoms with Crippen LogP contribution < -0.4 is 14.8 Å². The standard InChI is InChI=1S/C16H20ClNO5/c1-9(2)14(18-10(3)19)16(20)23-8-11-6-12(17)15-13(7-11)21-4-5-22-15/h6-7,9,14H,4-5,8H2,1-3H3,(H,18,19)/t14-/m0/s1. The van der Waals surface area contributed by atoms with Crippen molar-refractivity contribution < 1.29 is 23.8 Å². The molecule has 126 valence electrons. The zero-order valence-corrected chi connectivity index (χ0v) is 14.1. The molecule has 0 saturated carbocycles. The number of hydrogen-bond donors (Lipinski definition) is 1. The van der Waals surface area contributed by atoms with E-state index in [0.717, 1.165) is 0 Å².